The number of rotatable bonds is 8. The average Bonchev–Trinajstić information content (AvgIpc) is 2.59. The van der Waals surface area contributed by atoms with Crippen LogP contribution in [0.2, 0.25) is 0 Å². The summed E-state index contributed by atoms with van der Waals surface area (Å²) < 4.78 is 32.3. The van der Waals surface area contributed by atoms with E-state index in [-0.39, 0.29) is 24.3 Å². The van der Waals surface area contributed by atoms with E-state index in [9.17, 15) is 13.2 Å². The highest BCUT2D eigenvalue weighted by molar-refractivity contribution is 7.92. The van der Waals surface area contributed by atoms with E-state index in [1.165, 1.54) is 23.5 Å². The summed E-state index contributed by atoms with van der Waals surface area (Å²) in [6.07, 6.45) is 0.101. The van der Waals surface area contributed by atoms with Crippen molar-refractivity contribution in [3.63, 3.8) is 0 Å². The van der Waals surface area contributed by atoms with Gasteiger partial charge in [0.25, 0.3) is 10.0 Å². The average molecular weight is 349 g/mol. The maximum Gasteiger partial charge on any atom is 0.303 e. The van der Waals surface area contributed by atoms with E-state index in [4.69, 9.17) is 9.84 Å². The van der Waals surface area contributed by atoms with Crippen LogP contribution in [0.4, 0.5) is 5.69 Å². The fourth-order valence-electron chi connectivity index (χ4n) is 2.25. The molecule has 0 aliphatic rings. The predicted molar refractivity (Wildman–Crippen MR) is 90.8 cm³/mol. The summed E-state index contributed by atoms with van der Waals surface area (Å²) in [5.41, 5.74) is 0.434. The molecule has 24 heavy (non-hydrogen) atoms. The Morgan fingerprint density at radius 2 is 1.83 bits per heavy atom. The largest absolute Gasteiger partial charge is 0.497 e. The number of sulfonamides is 1. The van der Waals surface area contributed by atoms with Gasteiger partial charge in [-0.3, -0.25) is 9.10 Å². The lowest BCUT2D eigenvalue weighted by Gasteiger charge is -2.24. The van der Waals surface area contributed by atoms with Crippen molar-refractivity contribution < 1.29 is 23.1 Å². The summed E-state index contributed by atoms with van der Waals surface area (Å²) in [4.78, 5) is 10.9. The van der Waals surface area contributed by atoms with Gasteiger partial charge in [-0.15, -0.1) is 0 Å². The van der Waals surface area contributed by atoms with Gasteiger partial charge in [0.15, 0.2) is 0 Å². The molecule has 0 aromatic heterocycles. The first-order valence-corrected chi connectivity index (χ1v) is 8.83. The lowest BCUT2D eigenvalue weighted by molar-refractivity contribution is -0.137. The standard InChI is InChI=1S/C17H19NO5S/c1-23-15-8-5-7-14(13-15)18(12-6-11-17(19)20)24(21,22)16-9-3-2-4-10-16/h2-5,7-10,13H,6,11-12H2,1H3,(H,19,20). The van der Waals surface area contributed by atoms with E-state index in [0.717, 1.165) is 0 Å². The Morgan fingerprint density at radius 1 is 1.12 bits per heavy atom. The maximum atomic E-state index is 12.9. The van der Waals surface area contributed by atoms with Crippen molar-refractivity contribution in [3.05, 3.63) is 54.6 Å². The zero-order chi connectivity index (χ0) is 17.6. The van der Waals surface area contributed by atoms with Gasteiger partial charge in [0.2, 0.25) is 0 Å². The quantitative estimate of drug-likeness (QED) is 0.792. The van der Waals surface area contributed by atoms with Crippen LogP contribution in [0.3, 0.4) is 0 Å². The Kier molecular flexibility index (Phi) is 5.81. The third kappa shape index (κ3) is 4.26. The molecule has 0 bridgehead atoms. The van der Waals surface area contributed by atoms with Crippen molar-refractivity contribution in [3.8, 4) is 5.75 Å². The molecule has 0 atom stereocenters. The van der Waals surface area contributed by atoms with Crippen LogP contribution in [-0.2, 0) is 14.8 Å². The smallest absolute Gasteiger partial charge is 0.303 e. The molecule has 0 amide bonds. The molecule has 0 radical (unpaired) electrons. The van der Waals surface area contributed by atoms with E-state index in [0.29, 0.717) is 11.4 Å². The van der Waals surface area contributed by atoms with Crippen LogP contribution < -0.4 is 9.04 Å². The predicted octanol–water partition coefficient (Wildman–Crippen LogP) is 2.76. The van der Waals surface area contributed by atoms with Crippen LogP contribution in [0.1, 0.15) is 12.8 Å². The number of methoxy groups -OCH3 is 1. The Hall–Kier alpha value is -2.54. The van der Waals surface area contributed by atoms with Gasteiger partial charge < -0.3 is 9.84 Å². The molecule has 0 aliphatic carbocycles. The Labute approximate surface area is 141 Å². The van der Waals surface area contributed by atoms with Crippen molar-refractivity contribution >= 4 is 21.7 Å². The molecule has 0 heterocycles. The van der Waals surface area contributed by atoms with Crippen molar-refractivity contribution in [1.29, 1.82) is 0 Å². The Bertz CT molecular complexity index is 790. The van der Waals surface area contributed by atoms with Gasteiger partial charge >= 0.3 is 5.97 Å². The van der Waals surface area contributed by atoms with Gasteiger partial charge in [0.1, 0.15) is 5.75 Å². The molecule has 128 valence electrons. The van der Waals surface area contributed by atoms with Crippen LogP contribution in [0.5, 0.6) is 5.75 Å². The molecule has 2 aromatic rings. The number of ether oxygens (including phenoxy) is 1. The summed E-state index contributed by atoms with van der Waals surface area (Å²) >= 11 is 0. The van der Waals surface area contributed by atoms with E-state index in [1.807, 2.05) is 0 Å². The summed E-state index contributed by atoms with van der Waals surface area (Å²) in [5, 5.41) is 8.81. The summed E-state index contributed by atoms with van der Waals surface area (Å²) in [7, 11) is -2.29. The number of carbonyl (C=O) groups is 1. The molecule has 0 aliphatic heterocycles. The second-order valence-corrected chi connectivity index (χ2v) is 6.95. The molecule has 0 saturated heterocycles. The number of hydrogen-bond donors (Lipinski definition) is 1. The fourth-order valence-corrected chi connectivity index (χ4v) is 3.76. The third-order valence-corrected chi connectivity index (χ3v) is 5.27. The molecule has 1 N–H and O–H groups in total. The number of carboxylic acid groups (broad SMARTS) is 1. The first-order valence-electron chi connectivity index (χ1n) is 7.39. The SMILES string of the molecule is COc1cccc(N(CCCC(=O)O)S(=O)(=O)c2ccccc2)c1. The van der Waals surface area contributed by atoms with E-state index < -0.39 is 16.0 Å². The molecule has 7 heteroatoms. The van der Waals surface area contributed by atoms with Crippen LogP contribution in [-0.4, -0.2) is 33.1 Å². The molecule has 2 rings (SSSR count). The molecule has 0 saturated carbocycles. The first-order chi connectivity index (χ1) is 11.4. The van der Waals surface area contributed by atoms with Crippen LogP contribution in [0.25, 0.3) is 0 Å². The second kappa shape index (κ2) is 7.83. The first kappa shape index (κ1) is 17.8. The second-order valence-electron chi connectivity index (χ2n) is 5.09. The number of nitrogens with zero attached hydrogens (tertiary/aromatic N) is 1. The topological polar surface area (TPSA) is 83.9 Å². The minimum absolute atomic E-state index is 0.0662. The highest BCUT2D eigenvalue weighted by atomic mass is 32.2. The highest BCUT2D eigenvalue weighted by Crippen LogP contribution is 2.27. The summed E-state index contributed by atoms with van der Waals surface area (Å²) in [6.45, 7) is 0.0662. The minimum Gasteiger partial charge on any atom is -0.497 e. The zero-order valence-corrected chi connectivity index (χ0v) is 14.1. The van der Waals surface area contributed by atoms with Gasteiger partial charge in [0, 0.05) is 19.0 Å². The van der Waals surface area contributed by atoms with Crippen molar-refractivity contribution in [2.75, 3.05) is 18.0 Å². The summed E-state index contributed by atoms with van der Waals surface area (Å²) in [5.74, 6) is -0.434. The number of anilines is 1. The van der Waals surface area contributed by atoms with Crippen molar-refractivity contribution in [2.24, 2.45) is 0 Å². The van der Waals surface area contributed by atoms with Crippen LogP contribution in [0, 0.1) is 0 Å². The van der Waals surface area contributed by atoms with E-state index in [2.05, 4.69) is 0 Å². The molecular formula is C17H19NO5S. The molecule has 2 aromatic carbocycles. The van der Waals surface area contributed by atoms with Crippen molar-refractivity contribution in [2.45, 2.75) is 17.7 Å². The molecule has 6 nitrogen and oxygen atoms in total. The fraction of sp³-hybridized carbons (Fsp3) is 0.235. The lowest BCUT2D eigenvalue weighted by atomic mass is 10.2. The molecule has 0 unspecified atom stereocenters. The minimum atomic E-state index is -3.79. The number of aliphatic carboxylic acids is 1. The van der Waals surface area contributed by atoms with Gasteiger partial charge in [0.05, 0.1) is 17.7 Å². The van der Waals surface area contributed by atoms with E-state index >= 15 is 0 Å². The summed E-state index contributed by atoms with van der Waals surface area (Å²) in [6, 6.07) is 14.7. The molecule has 0 spiro atoms. The van der Waals surface area contributed by atoms with Crippen LogP contribution >= 0.6 is 0 Å². The van der Waals surface area contributed by atoms with Gasteiger partial charge in [-0.1, -0.05) is 24.3 Å². The number of hydrogen-bond acceptors (Lipinski definition) is 4. The molecule has 0 fully saturated rings. The van der Waals surface area contributed by atoms with Gasteiger partial charge in [-0.25, -0.2) is 8.42 Å². The normalized spacial score (nSPS) is 11.0. The third-order valence-electron chi connectivity index (χ3n) is 3.42. The highest BCUT2D eigenvalue weighted by Gasteiger charge is 2.25. The Morgan fingerprint density at radius 3 is 2.46 bits per heavy atom. The number of carboxylic acids is 1. The molecular weight excluding hydrogens is 330 g/mol. The zero-order valence-electron chi connectivity index (χ0n) is 13.3. The lowest BCUT2D eigenvalue weighted by Crippen LogP contribution is -2.32. The number of benzene rings is 2. The maximum absolute atomic E-state index is 12.9. The van der Waals surface area contributed by atoms with Crippen molar-refractivity contribution in [1.82, 2.24) is 0 Å². The van der Waals surface area contributed by atoms with E-state index in [1.54, 1.807) is 42.5 Å². The van der Waals surface area contributed by atoms with Crippen LogP contribution in [0.15, 0.2) is 59.5 Å². The Balaban J connectivity index is 2.40. The van der Waals surface area contributed by atoms with Gasteiger partial charge in [-0.05, 0) is 30.7 Å². The monoisotopic (exact) mass is 349 g/mol. The van der Waals surface area contributed by atoms with Gasteiger partial charge in [-0.2, -0.15) is 0 Å².